The number of ether oxygens (including phenoxy) is 2. The predicted molar refractivity (Wildman–Crippen MR) is 100 cm³/mol. The highest BCUT2D eigenvalue weighted by atomic mass is 35.5. The number of hydrogen-bond donors (Lipinski definition) is 1. The van der Waals surface area contributed by atoms with E-state index in [0.717, 1.165) is 5.75 Å². The fourth-order valence-corrected chi connectivity index (χ4v) is 2.69. The molecule has 0 fully saturated rings. The smallest absolute Gasteiger partial charge is 0.291 e. The van der Waals surface area contributed by atoms with Gasteiger partial charge in [0.05, 0.1) is 22.8 Å². The van der Waals surface area contributed by atoms with Gasteiger partial charge in [-0.2, -0.15) is 0 Å². The molecule has 1 N–H and O–H groups in total. The zero-order valence-corrected chi connectivity index (χ0v) is 15.3. The first-order valence-electron chi connectivity index (χ1n) is 7.68. The lowest BCUT2D eigenvalue weighted by Gasteiger charge is -2.07. The molecule has 134 valence electrons. The highest BCUT2D eigenvalue weighted by molar-refractivity contribution is 6.39. The number of methoxy groups -OCH3 is 1. The summed E-state index contributed by atoms with van der Waals surface area (Å²) < 4.78 is 16.2. The van der Waals surface area contributed by atoms with Crippen LogP contribution in [0, 0.1) is 0 Å². The molecule has 0 saturated heterocycles. The number of anilines is 1. The van der Waals surface area contributed by atoms with Gasteiger partial charge >= 0.3 is 0 Å². The average Bonchev–Trinajstić information content (AvgIpc) is 3.12. The lowest BCUT2D eigenvalue weighted by atomic mass is 10.3. The molecule has 1 amide bonds. The third kappa shape index (κ3) is 4.31. The van der Waals surface area contributed by atoms with Gasteiger partial charge in [-0.25, -0.2) is 0 Å². The molecular formula is C19H15Cl2NO4. The lowest BCUT2D eigenvalue weighted by Crippen LogP contribution is -2.11. The molecule has 2 aromatic carbocycles. The van der Waals surface area contributed by atoms with E-state index in [4.69, 9.17) is 37.1 Å². The SMILES string of the molecule is COc1ccc(OCc2ccc(C(=O)Nc3c(Cl)cccc3Cl)o2)cc1. The van der Waals surface area contributed by atoms with Crippen LogP contribution in [0.5, 0.6) is 11.5 Å². The van der Waals surface area contributed by atoms with Crippen LogP contribution < -0.4 is 14.8 Å². The highest BCUT2D eigenvalue weighted by Gasteiger charge is 2.15. The van der Waals surface area contributed by atoms with Crippen molar-refractivity contribution in [1.29, 1.82) is 0 Å². The second-order valence-corrected chi connectivity index (χ2v) is 6.10. The first-order valence-corrected chi connectivity index (χ1v) is 8.43. The van der Waals surface area contributed by atoms with Crippen molar-refractivity contribution < 1.29 is 18.7 Å². The molecule has 26 heavy (non-hydrogen) atoms. The minimum absolute atomic E-state index is 0.134. The summed E-state index contributed by atoms with van der Waals surface area (Å²) in [6.07, 6.45) is 0. The molecule has 0 aliphatic heterocycles. The van der Waals surface area contributed by atoms with Crippen LogP contribution in [0.2, 0.25) is 10.0 Å². The Morgan fingerprint density at radius 2 is 1.65 bits per heavy atom. The molecule has 0 aliphatic rings. The van der Waals surface area contributed by atoms with Gasteiger partial charge in [-0.05, 0) is 48.5 Å². The normalized spacial score (nSPS) is 10.4. The van der Waals surface area contributed by atoms with Crippen molar-refractivity contribution in [2.24, 2.45) is 0 Å². The molecule has 3 aromatic rings. The maximum absolute atomic E-state index is 12.3. The van der Waals surface area contributed by atoms with Gasteiger partial charge in [0, 0.05) is 0 Å². The van der Waals surface area contributed by atoms with Crippen LogP contribution >= 0.6 is 23.2 Å². The quantitative estimate of drug-likeness (QED) is 0.608. The molecule has 1 heterocycles. The van der Waals surface area contributed by atoms with Crippen molar-refractivity contribution >= 4 is 34.8 Å². The van der Waals surface area contributed by atoms with Crippen molar-refractivity contribution in [2.45, 2.75) is 6.61 Å². The first kappa shape index (κ1) is 18.2. The van der Waals surface area contributed by atoms with E-state index in [1.807, 2.05) is 0 Å². The maximum Gasteiger partial charge on any atom is 0.291 e. The number of halogens is 2. The number of benzene rings is 2. The van der Waals surface area contributed by atoms with Crippen LogP contribution in [0.15, 0.2) is 59.0 Å². The number of carbonyl (C=O) groups is 1. The van der Waals surface area contributed by atoms with Crippen molar-refractivity contribution in [3.8, 4) is 11.5 Å². The van der Waals surface area contributed by atoms with Crippen molar-refractivity contribution in [2.75, 3.05) is 12.4 Å². The molecule has 3 rings (SSSR count). The van der Waals surface area contributed by atoms with E-state index in [0.29, 0.717) is 27.2 Å². The van der Waals surface area contributed by atoms with Crippen LogP contribution in [-0.2, 0) is 6.61 Å². The zero-order valence-electron chi connectivity index (χ0n) is 13.8. The second-order valence-electron chi connectivity index (χ2n) is 5.28. The van der Waals surface area contributed by atoms with Gasteiger partial charge in [0.2, 0.25) is 0 Å². The minimum atomic E-state index is -0.448. The van der Waals surface area contributed by atoms with E-state index >= 15 is 0 Å². The van der Waals surface area contributed by atoms with Gasteiger partial charge < -0.3 is 19.2 Å². The Morgan fingerprint density at radius 1 is 1.00 bits per heavy atom. The molecule has 1 aromatic heterocycles. The monoisotopic (exact) mass is 391 g/mol. The summed E-state index contributed by atoms with van der Waals surface area (Å²) in [4.78, 5) is 12.3. The molecule has 0 atom stereocenters. The second kappa shape index (κ2) is 8.17. The van der Waals surface area contributed by atoms with E-state index in [1.54, 1.807) is 61.7 Å². The minimum Gasteiger partial charge on any atom is -0.497 e. The molecule has 0 spiro atoms. The van der Waals surface area contributed by atoms with Gasteiger partial charge in [0.1, 0.15) is 23.9 Å². The molecule has 0 saturated carbocycles. The van der Waals surface area contributed by atoms with Crippen LogP contribution in [0.3, 0.4) is 0 Å². The average molecular weight is 392 g/mol. The third-order valence-corrected chi connectivity index (χ3v) is 4.16. The summed E-state index contributed by atoms with van der Waals surface area (Å²) in [5, 5.41) is 3.34. The van der Waals surface area contributed by atoms with Crippen LogP contribution in [0.25, 0.3) is 0 Å². The van der Waals surface area contributed by atoms with Crippen molar-refractivity contribution in [1.82, 2.24) is 0 Å². The summed E-state index contributed by atoms with van der Waals surface area (Å²) in [6.45, 7) is 0.187. The summed E-state index contributed by atoms with van der Waals surface area (Å²) in [7, 11) is 1.60. The Kier molecular flexibility index (Phi) is 5.71. The van der Waals surface area contributed by atoms with E-state index in [9.17, 15) is 4.79 Å². The Morgan fingerprint density at radius 3 is 2.31 bits per heavy atom. The fourth-order valence-electron chi connectivity index (χ4n) is 2.20. The molecule has 0 radical (unpaired) electrons. The van der Waals surface area contributed by atoms with Gasteiger partial charge in [0.15, 0.2) is 5.76 Å². The summed E-state index contributed by atoms with van der Waals surface area (Å²) in [6, 6.07) is 15.4. The van der Waals surface area contributed by atoms with Gasteiger partial charge in [-0.1, -0.05) is 29.3 Å². The van der Waals surface area contributed by atoms with Crippen LogP contribution in [0.4, 0.5) is 5.69 Å². The predicted octanol–water partition coefficient (Wildman–Crippen LogP) is 5.43. The molecule has 0 aliphatic carbocycles. The van der Waals surface area contributed by atoms with Crippen molar-refractivity contribution in [3.63, 3.8) is 0 Å². The Balaban J connectivity index is 1.62. The number of rotatable bonds is 6. The first-order chi connectivity index (χ1) is 12.6. The van der Waals surface area contributed by atoms with E-state index in [1.165, 1.54) is 0 Å². The highest BCUT2D eigenvalue weighted by Crippen LogP contribution is 2.30. The van der Waals surface area contributed by atoms with Gasteiger partial charge in [-0.15, -0.1) is 0 Å². The number of furan rings is 1. The standard InChI is InChI=1S/C19H15Cl2NO4/c1-24-12-5-7-13(8-6-12)25-11-14-9-10-17(26-14)19(23)22-18-15(20)3-2-4-16(18)21/h2-10H,11H2,1H3,(H,22,23). The fraction of sp³-hybridized carbons (Fsp3) is 0.105. The Hall–Kier alpha value is -2.63. The number of carbonyl (C=O) groups excluding carboxylic acids is 1. The van der Waals surface area contributed by atoms with Crippen molar-refractivity contribution in [3.05, 3.63) is 76.2 Å². The number of nitrogens with one attached hydrogen (secondary N) is 1. The number of hydrogen-bond acceptors (Lipinski definition) is 4. The lowest BCUT2D eigenvalue weighted by molar-refractivity contribution is 0.0992. The maximum atomic E-state index is 12.3. The molecule has 0 unspecified atom stereocenters. The summed E-state index contributed by atoms with van der Waals surface area (Å²) >= 11 is 12.1. The van der Waals surface area contributed by atoms with Gasteiger partial charge in [0.25, 0.3) is 5.91 Å². The van der Waals surface area contributed by atoms with Crippen LogP contribution in [0.1, 0.15) is 16.3 Å². The van der Waals surface area contributed by atoms with Gasteiger partial charge in [-0.3, -0.25) is 4.79 Å². The topological polar surface area (TPSA) is 60.7 Å². The van der Waals surface area contributed by atoms with E-state index in [2.05, 4.69) is 5.32 Å². The summed E-state index contributed by atoms with van der Waals surface area (Å²) in [5.41, 5.74) is 0.341. The summed E-state index contributed by atoms with van der Waals surface area (Å²) in [5.74, 6) is 1.60. The third-order valence-electron chi connectivity index (χ3n) is 3.53. The zero-order chi connectivity index (χ0) is 18.5. The van der Waals surface area contributed by atoms with Crippen LogP contribution in [-0.4, -0.2) is 13.0 Å². The number of amides is 1. The molecule has 7 heteroatoms. The van der Waals surface area contributed by atoms with E-state index < -0.39 is 5.91 Å². The van der Waals surface area contributed by atoms with E-state index in [-0.39, 0.29) is 12.4 Å². The Bertz CT molecular complexity index is 886. The molecule has 0 bridgehead atoms. The molecule has 5 nitrogen and oxygen atoms in total. The molecular weight excluding hydrogens is 377 g/mol. The number of para-hydroxylation sites is 1. The largest absolute Gasteiger partial charge is 0.497 e. The Labute approximate surface area is 160 Å².